The summed E-state index contributed by atoms with van der Waals surface area (Å²) in [4.78, 5) is 0. The molecule has 2 heterocycles. The number of hydrogen-bond donors (Lipinski definition) is 1. The molecule has 1 aliphatic rings. The molecule has 0 bridgehead atoms. The van der Waals surface area contributed by atoms with Crippen molar-refractivity contribution in [3.8, 4) is 0 Å². The summed E-state index contributed by atoms with van der Waals surface area (Å²) in [5.41, 5.74) is 2.66. The SMILES string of the molecule is Clc1ccc(C2=C[C@H](c3cccc(Cl)c3Cl)n3nnnc3N2)cc1. The quantitative estimate of drug-likeness (QED) is 0.703. The summed E-state index contributed by atoms with van der Waals surface area (Å²) in [5.74, 6) is 0.531. The number of benzene rings is 2. The Morgan fingerprint density at radius 1 is 1.00 bits per heavy atom. The Hall–Kier alpha value is -2.08. The van der Waals surface area contributed by atoms with Crippen molar-refractivity contribution in [2.75, 3.05) is 5.32 Å². The second kappa shape index (κ2) is 6.09. The van der Waals surface area contributed by atoms with Gasteiger partial charge in [0, 0.05) is 16.3 Å². The molecule has 4 rings (SSSR count). The van der Waals surface area contributed by atoms with E-state index in [2.05, 4.69) is 20.8 Å². The molecule has 0 aliphatic carbocycles. The Morgan fingerprint density at radius 2 is 1.79 bits per heavy atom. The largest absolute Gasteiger partial charge is 0.323 e. The van der Waals surface area contributed by atoms with Gasteiger partial charge < -0.3 is 5.32 Å². The molecule has 120 valence electrons. The third-order valence-electron chi connectivity index (χ3n) is 3.78. The molecule has 1 N–H and O–H groups in total. The number of hydrogen-bond acceptors (Lipinski definition) is 4. The van der Waals surface area contributed by atoms with Crippen LogP contribution in [0.2, 0.25) is 15.1 Å². The monoisotopic (exact) mass is 377 g/mol. The van der Waals surface area contributed by atoms with Crippen molar-refractivity contribution in [2.24, 2.45) is 0 Å². The number of tetrazole rings is 1. The average molecular weight is 379 g/mol. The van der Waals surface area contributed by atoms with E-state index in [1.807, 2.05) is 42.5 Å². The minimum absolute atomic E-state index is 0.270. The van der Waals surface area contributed by atoms with E-state index >= 15 is 0 Å². The van der Waals surface area contributed by atoms with Crippen LogP contribution in [0.15, 0.2) is 48.5 Å². The van der Waals surface area contributed by atoms with Crippen LogP contribution in [-0.4, -0.2) is 20.2 Å². The van der Waals surface area contributed by atoms with E-state index < -0.39 is 0 Å². The lowest BCUT2D eigenvalue weighted by Crippen LogP contribution is -2.20. The van der Waals surface area contributed by atoms with E-state index in [0.717, 1.165) is 16.8 Å². The first kappa shape index (κ1) is 15.4. The lowest BCUT2D eigenvalue weighted by molar-refractivity contribution is 0.586. The van der Waals surface area contributed by atoms with E-state index in [1.165, 1.54) is 0 Å². The Kier molecular flexibility index (Phi) is 3.92. The minimum atomic E-state index is -0.270. The van der Waals surface area contributed by atoms with Gasteiger partial charge in [0.25, 0.3) is 0 Å². The van der Waals surface area contributed by atoms with Gasteiger partial charge in [-0.1, -0.05) is 64.2 Å². The van der Waals surface area contributed by atoms with Gasteiger partial charge in [-0.3, -0.25) is 0 Å². The molecule has 1 aliphatic heterocycles. The Bertz CT molecular complexity index is 933. The van der Waals surface area contributed by atoms with Crippen molar-refractivity contribution in [1.29, 1.82) is 0 Å². The van der Waals surface area contributed by atoms with Crippen molar-refractivity contribution in [1.82, 2.24) is 20.2 Å². The van der Waals surface area contributed by atoms with Gasteiger partial charge in [0.2, 0.25) is 5.95 Å². The normalized spacial score (nSPS) is 16.3. The number of anilines is 1. The highest BCUT2D eigenvalue weighted by atomic mass is 35.5. The second-order valence-electron chi connectivity index (χ2n) is 5.25. The molecule has 2 aromatic carbocycles. The van der Waals surface area contributed by atoms with Gasteiger partial charge >= 0.3 is 0 Å². The molecule has 0 saturated heterocycles. The van der Waals surface area contributed by atoms with Crippen molar-refractivity contribution in [3.05, 3.63) is 74.7 Å². The number of halogens is 3. The van der Waals surface area contributed by atoms with E-state index in [4.69, 9.17) is 34.8 Å². The number of nitrogens with one attached hydrogen (secondary N) is 1. The van der Waals surface area contributed by atoms with Gasteiger partial charge in [0.1, 0.15) is 6.04 Å². The molecule has 1 atom stereocenters. The Labute approximate surface area is 152 Å². The number of rotatable bonds is 2. The second-order valence-corrected chi connectivity index (χ2v) is 6.47. The van der Waals surface area contributed by atoms with Crippen LogP contribution < -0.4 is 5.32 Å². The summed E-state index contributed by atoms with van der Waals surface area (Å²) in [5, 5.41) is 16.7. The van der Waals surface area contributed by atoms with Crippen molar-refractivity contribution in [2.45, 2.75) is 6.04 Å². The summed E-state index contributed by atoms with van der Waals surface area (Å²) in [6, 6.07) is 12.8. The molecule has 8 heteroatoms. The molecule has 0 radical (unpaired) electrons. The van der Waals surface area contributed by atoms with Crippen LogP contribution in [0.25, 0.3) is 5.70 Å². The van der Waals surface area contributed by atoms with Crippen LogP contribution >= 0.6 is 34.8 Å². The Balaban J connectivity index is 1.85. The molecule has 0 unspecified atom stereocenters. The molecule has 5 nitrogen and oxygen atoms in total. The summed E-state index contributed by atoms with van der Waals surface area (Å²) in [6.45, 7) is 0. The third kappa shape index (κ3) is 2.65. The maximum Gasteiger partial charge on any atom is 0.248 e. The zero-order chi connectivity index (χ0) is 16.7. The fourth-order valence-electron chi connectivity index (χ4n) is 2.62. The molecular weight excluding hydrogens is 369 g/mol. The predicted molar refractivity (Wildman–Crippen MR) is 95.5 cm³/mol. The van der Waals surface area contributed by atoms with Gasteiger partial charge in [-0.05, 0) is 40.3 Å². The number of aromatic nitrogens is 4. The molecule has 0 amide bonds. The highest BCUT2D eigenvalue weighted by molar-refractivity contribution is 6.42. The summed E-state index contributed by atoms with van der Waals surface area (Å²) in [7, 11) is 0. The molecule has 1 aromatic heterocycles. The van der Waals surface area contributed by atoms with Crippen molar-refractivity contribution in [3.63, 3.8) is 0 Å². The summed E-state index contributed by atoms with van der Waals surface area (Å²) in [6.07, 6.45) is 2.00. The van der Waals surface area contributed by atoms with Crippen LogP contribution in [0.3, 0.4) is 0 Å². The molecule has 3 aromatic rings. The first-order chi connectivity index (χ1) is 11.6. The molecule has 0 fully saturated rings. The number of allylic oxidation sites excluding steroid dienone is 1. The van der Waals surface area contributed by atoms with Gasteiger partial charge in [0.15, 0.2) is 0 Å². The van der Waals surface area contributed by atoms with Gasteiger partial charge in [-0.15, -0.1) is 0 Å². The number of nitrogens with zero attached hydrogens (tertiary/aromatic N) is 4. The maximum atomic E-state index is 6.39. The van der Waals surface area contributed by atoms with Crippen LogP contribution in [0.4, 0.5) is 5.95 Å². The molecular formula is C16H10Cl3N5. The zero-order valence-electron chi connectivity index (χ0n) is 12.1. The first-order valence-corrected chi connectivity index (χ1v) is 8.23. The maximum absolute atomic E-state index is 6.39. The fourth-order valence-corrected chi connectivity index (χ4v) is 3.17. The zero-order valence-corrected chi connectivity index (χ0v) is 14.4. The van der Waals surface area contributed by atoms with Crippen LogP contribution in [-0.2, 0) is 0 Å². The van der Waals surface area contributed by atoms with E-state index in [1.54, 1.807) is 10.7 Å². The predicted octanol–water partition coefficient (Wildman–Crippen LogP) is 4.69. The minimum Gasteiger partial charge on any atom is -0.323 e. The van der Waals surface area contributed by atoms with E-state index in [9.17, 15) is 0 Å². The Morgan fingerprint density at radius 3 is 2.58 bits per heavy atom. The first-order valence-electron chi connectivity index (χ1n) is 7.10. The third-order valence-corrected chi connectivity index (χ3v) is 4.87. The van der Waals surface area contributed by atoms with Crippen LogP contribution in [0.5, 0.6) is 0 Å². The average Bonchev–Trinajstić information content (AvgIpc) is 3.06. The van der Waals surface area contributed by atoms with Crippen molar-refractivity contribution >= 4 is 46.4 Å². The summed E-state index contributed by atoms with van der Waals surface area (Å²) < 4.78 is 1.66. The standard InChI is InChI=1S/C16H10Cl3N5/c17-10-6-4-9(5-7-10)13-8-14(24-16(20-13)21-22-23-24)11-2-1-3-12(18)15(11)19/h1-8,14H,(H,20,21,23)/t14-/m1/s1. The fraction of sp³-hybridized carbons (Fsp3) is 0.0625. The van der Waals surface area contributed by atoms with Crippen LogP contribution in [0.1, 0.15) is 17.2 Å². The van der Waals surface area contributed by atoms with Crippen LogP contribution in [0, 0.1) is 0 Å². The van der Waals surface area contributed by atoms with E-state index in [0.29, 0.717) is 21.0 Å². The topological polar surface area (TPSA) is 55.6 Å². The highest BCUT2D eigenvalue weighted by Gasteiger charge is 2.26. The van der Waals surface area contributed by atoms with Gasteiger partial charge in [0.05, 0.1) is 10.0 Å². The van der Waals surface area contributed by atoms with Crippen molar-refractivity contribution < 1.29 is 0 Å². The van der Waals surface area contributed by atoms with Gasteiger partial charge in [-0.2, -0.15) is 4.68 Å². The lowest BCUT2D eigenvalue weighted by Gasteiger charge is -2.24. The molecule has 24 heavy (non-hydrogen) atoms. The molecule has 0 spiro atoms. The summed E-state index contributed by atoms with van der Waals surface area (Å²) >= 11 is 18.5. The molecule has 0 saturated carbocycles. The lowest BCUT2D eigenvalue weighted by atomic mass is 10.0. The van der Waals surface area contributed by atoms with Gasteiger partial charge in [-0.25, -0.2) is 0 Å². The smallest absolute Gasteiger partial charge is 0.248 e. The number of fused-ring (bicyclic) bond motifs is 1. The highest BCUT2D eigenvalue weighted by Crippen LogP contribution is 2.37. The van der Waals surface area contributed by atoms with E-state index in [-0.39, 0.29) is 6.04 Å².